The first-order chi connectivity index (χ1) is 8.86. The number of furan rings is 1. The van der Waals surface area contributed by atoms with Gasteiger partial charge in [-0.3, -0.25) is 4.90 Å². The third-order valence-corrected chi connectivity index (χ3v) is 4.56. The predicted octanol–water partition coefficient (Wildman–Crippen LogP) is 2.77. The van der Waals surface area contributed by atoms with E-state index in [1.54, 1.807) is 6.26 Å². The zero-order valence-corrected chi connectivity index (χ0v) is 11.3. The molecular weight excluding hydrogens is 224 g/mol. The Morgan fingerprint density at radius 2 is 2.11 bits per heavy atom. The van der Waals surface area contributed by atoms with Crippen LogP contribution in [-0.2, 0) is 6.54 Å². The van der Waals surface area contributed by atoms with Crippen LogP contribution in [0.25, 0.3) is 0 Å². The summed E-state index contributed by atoms with van der Waals surface area (Å²) in [5.74, 6) is 0. The van der Waals surface area contributed by atoms with E-state index < -0.39 is 0 Å². The Labute approximate surface area is 110 Å². The summed E-state index contributed by atoms with van der Waals surface area (Å²) >= 11 is 0. The van der Waals surface area contributed by atoms with E-state index in [2.05, 4.69) is 23.2 Å². The van der Waals surface area contributed by atoms with Crippen LogP contribution in [0, 0.1) is 0 Å². The summed E-state index contributed by atoms with van der Waals surface area (Å²) in [5, 5.41) is 3.65. The van der Waals surface area contributed by atoms with Crippen LogP contribution in [0.3, 0.4) is 0 Å². The predicted molar refractivity (Wildman–Crippen MR) is 72.4 cm³/mol. The first-order valence-electron chi connectivity index (χ1n) is 7.37. The van der Waals surface area contributed by atoms with Crippen LogP contribution in [0.4, 0.5) is 0 Å². The van der Waals surface area contributed by atoms with Crippen LogP contribution in [0.5, 0.6) is 0 Å². The minimum Gasteiger partial charge on any atom is -0.472 e. The fourth-order valence-corrected chi connectivity index (χ4v) is 3.79. The molecule has 2 saturated heterocycles. The lowest BCUT2D eigenvalue weighted by molar-refractivity contribution is 0.0179. The molecule has 2 fully saturated rings. The lowest BCUT2D eigenvalue weighted by Crippen LogP contribution is -2.55. The molecule has 0 aromatic carbocycles. The highest BCUT2D eigenvalue weighted by atomic mass is 16.3. The third-order valence-electron chi connectivity index (χ3n) is 4.56. The fourth-order valence-electron chi connectivity index (χ4n) is 3.79. The molecule has 0 radical (unpaired) electrons. The number of rotatable bonds is 4. The molecule has 0 saturated carbocycles. The van der Waals surface area contributed by atoms with Gasteiger partial charge in [-0.2, -0.15) is 0 Å². The van der Waals surface area contributed by atoms with Crippen molar-refractivity contribution < 1.29 is 4.42 Å². The van der Waals surface area contributed by atoms with Gasteiger partial charge in [0.1, 0.15) is 0 Å². The van der Waals surface area contributed by atoms with Gasteiger partial charge in [0.15, 0.2) is 0 Å². The molecule has 0 amide bonds. The van der Waals surface area contributed by atoms with Crippen molar-refractivity contribution in [2.45, 2.75) is 63.7 Å². The normalized spacial score (nSPS) is 32.6. The van der Waals surface area contributed by atoms with Gasteiger partial charge in [-0.25, -0.2) is 0 Å². The van der Waals surface area contributed by atoms with E-state index >= 15 is 0 Å². The van der Waals surface area contributed by atoms with Gasteiger partial charge in [-0.05, 0) is 38.3 Å². The van der Waals surface area contributed by atoms with Crippen LogP contribution in [0.2, 0.25) is 0 Å². The topological polar surface area (TPSA) is 28.4 Å². The molecule has 0 aliphatic carbocycles. The number of hydrogen-bond donors (Lipinski definition) is 1. The van der Waals surface area contributed by atoms with E-state index in [-0.39, 0.29) is 0 Å². The van der Waals surface area contributed by atoms with Gasteiger partial charge in [0.2, 0.25) is 0 Å². The molecular formula is C15H24N2O. The molecule has 2 aliphatic rings. The van der Waals surface area contributed by atoms with Gasteiger partial charge in [0.05, 0.1) is 12.5 Å². The van der Waals surface area contributed by atoms with Crippen LogP contribution in [0.15, 0.2) is 23.0 Å². The minimum absolute atomic E-state index is 0.742. The summed E-state index contributed by atoms with van der Waals surface area (Å²) < 4.78 is 5.20. The molecule has 2 unspecified atom stereocenters. The molecule has 2 atom stereocenters. The maximum Gasteiger partial charge on any atom is 0.0947 e. The van der Waals surface area contributed by atoms with Crippen LogP contribution in [0.1, 0.15) is 44.6 Å². The second kappa shape index (κ2) is 5.45. The Bertz CT molecular complexity index is 349. The smallest absolute Gasteiger partial charge is 0.0947 e. The highest BCUT2D eigenvalue weighted by Gasteiger charge is 2.37. The van der Waals surface area contributed by atoms with E-state index in [4.69, 9.17) is 4.42 Å². The molecule has 1 aromatic rings. The fraction of sp³-hybridized carbons (Fsp3) is 0.733. The Morgan fingerprint density at radius 1 is 1.33 bits per heavy atom. The maximum absolute atomic E-state index is 5.20. The molecule has 1 N–H and O–H groups in total. The first-order valence-corrected chi connectivity index (χ1v) is 7.37. The van der Waals surface area contributed by atoms with E-state index in [0.29, 0.717) is 0 Å². The van der Waals surface area contributed by atoms with Crippen molar-refractivity contribution >= 4 is 0 Å². The van der Waals surface area contributed by atoms with Crippen molar-refractivity contribution in [2.24, 2.45) is 0 Å². The van der Waals surface area contributed by atoms with Crippen LogP contribution < -0.4 is 5.32 Å². The maximum atomic E-state index is 5.20. The zero-order chi connectivity index (χ0) is 12.4. The molecule has 3 rings (SSSR count). The van der Waals surface area contributed by atoms with Crippen molar-refractivity contribution in [1.29, 1.82) is 0 Å². The largest absolute Gasteiger partial charge is 0.472 e. The molecule has 2 bridgehead atoms. The van der Waals surface area contributed by atoms with Gasteiger partial charge in [-0.1, -0.05) is 13.3 Å². The second-order valence-corrected chi connectivity index (χ2v) is 5.77. The highest BCUT2D eigenvalue weighted by molar-refractivity contribution is 5.07. The molecule has 1 aromatic heterocycles. The Balaban J connectivity index is 1.68. The van der Waals surface area contributed by atoms with E-state index in [1.165, 1.54) is 37.7 Å². The Kier molecular flexibility index (Phi) is 3.71. The van der Waals surface area contributed by atoms with Crippen molar-refractivity contribution in [3.8, 4) is 0 Å². The van der Waals surface area contributed by atoms with Crippen molar-refractivity contribution in [1.82, 2.24) is 10.2 Å². The molecule has 18 heavy (non-hydrogen) atoms. The summed E-state index contributed by atoms with van der Waals surface area (Å²) in [4.78, 5) is 2.72. The SMILES string of the molecule is CCNC1CC2CCCC(C1)N2Cc1ccoc1. The highest BCUT2D eigenvalue weighted by Crippen LogP contribution is 2.35. The molecule has 3 heterocycles. The lowest BCUT2D eigenvalue weighted by atomic mass is 9.81. The van der Waals surface area contributed by atoms with Crippen molar-refractivity contribution in [3.63, 3.8) is 0 Å². The van der Waals surface area contributed by atoms with E-state index in [0.717, 1.165) is 31.2 Å². The Morgan fingerprint density at radius 3 is 2.72 bits per heavy atom. The lowest BCUT2D eigenvalue weighted by Gasteiger charge is -2.49. The van der Waals surface area contributed by atoms with Gasteiger partial charge in [0, 0.05) is 30.2 Å². The minimum atomic E-state index is 0.742. The van der Waals surface area contributed by atoms with Crippen LogP contribution >= 0.6 is 0 Å². The molecule has 3 heteroatoms. The second-order valence-electron chi connectivity index (χ2n) is 5.77. The van der Waals surface area contributed by atoms with Gasteiger partial charge in [0.25, 0.3) is 0 Å². The molecule has 3 nitrogen and oxygen atoms in total. The number of nitrogens with zero attached hydrogens (tertiary/aromatic N) is 1. The summed E-state index contributed by atoms with van der Waals surface area (Å²) in [6.07, 6.45) is 10.5. The van der Waals surface area contributed by atoms with E-state index in [9.17, 15) is 0 Å². The standard InChI is InChI=1S/C15H24N2O/c1-2-16-13-8-14-4-3-5-15(9-13)17(14)10-12-6-7-18-11-12/h6-7,11,13-16H,2-5,8-10H2,1H3. The molecule has 2 aliphatic heterocycles. The van der Waals surface area contributed by atoms with Gasteiger partial charge < -0.3 is 9.73 Å². The number of fused-ring (bicyclic) bond motifs is 2. The zero-order valence-electron chi connectivity index (χ0n) is 11.3. The van der Waals surface area contributed by atoms with E-state index in [1.807, 2.05) is 6.26 Å². The number of hydrogen-bond acceptors (Lipinski definition) is 3. The van der Waals surface area contributed by atoms with Gasteiger partial charge >= 0.3 is 0 Å². The monoisotopic (exact) mass is 248 g/mol. The third kappa shape index (κ3) is 2.47. The van der Waals surface area contributed by atoms with Crippen molar-refractivity contribution in [2.75, 3.05) is 6.54 Å². The quantitative estimate of drug-likeness (QED) is 0.888. The van der Waals surface area contributed by atoms with Crippen molar-refractivity contribution in [3.05, 3.63) is 24.2 Å². The molecule has 100 valence electrons. The average Bonchev–Trinajstić information content (AvgIpc) is 2.83. The van der Waals surface area contributed by atoms with Gasteiger partial charge in [-0.15, -0.1) is 0 Å². The number of piperidine rings is 2. The summed E-state index contributed by atoms with van der Waals surface area (Å²) in [6.45, 7) is 4.39. The summed E-state index contributed by atoms with van der Waals surface area (Å²) in [7, 11) is 0. The van der Waals surface area contributed by atoms with Crippen LogP contribution in [-0.4, -0.2) is 29.6 Å². The Hall–Kier alpha value is -0.800. The average molecular weight is 248 g/mol. The summed E-state index contributed by atoms with van der Waals surface area (Å²) in [5.41, 5.74) is 1.33. The molecule has 0 spiro atoms. The number of nitrogens with one attached hydrogen (secondary N) is 1. The summed E-state index contributed by atoms with van der Waals surface area (Å²) in [6, 6.07) is 4.39. The first kappa shape index (κ1) is 12.2.